The van der Waals surface area contributed by atoms with Gasteiger partial charge in [-0.1, -0.05) is 5.16 Å². The molecule has 0 saturated carbocycles. The third-order valence-electron chi connectivity index (χ3n) is 3.91. The molecule has 0 aliphatic carbocycles. The molecule has 3 heterocycles. The second kappa shape index (κ2) is 7.57. The Hall–Kier alpha value is -3.59. The van der Waals surface area contributed by atoms with Crippen molar-refractivity contribution < 1.29 is 23.2 Å². The number of nitrogens with one attached hydrogen (secondary N) is 1. The van der Waals surface area contributed by atoms with Crippen LogP contribution in [0.4, 0.5) is 5.13 Å². The van der Waals surface area contributed by atoms with Gasteiger partial charge in [0, 0.05) is 17.0 Å². The van der Waals surface area contributed by atoms with Crippen LogP contribution in [0.3, 0.4) is 0 Å². The number of ether oxygens (including phenoxy) is 2. The fourth-order valence-corrected chi connectivity index (χ4v) is 3.25. The summed E-state index contributed by atoms with van der Waals surface area (Å²) in [6, 6.07) is 10.4. The normalized spacial score (nSPS) is 10.6. The van der Waals surface area contributed by atoms with Gasteiger partial charge in [-0.3, -0.25) is 10.1 Å². The number of hydrogen-bond acceptors (Lipinski definition) is 8. The third-order valence-corrected chi connectivity index (χ3v) is 4.67. The van der Waals surface area contributed by atoms with Gasteiger partial charge in [0.05, 0.1) is 26.2 Å². The summed E-state index contributed by atoms with van der Waals surface area (Å²) in [5.41, 5.74) is 1.55. The minimum Gasteiger partial charge on any atom is -0.497 e. The molecule has 0 fully saturated rings. The van der Waals surface area contributed by atoms with Gasteiger partial charge in [0.1, 0.15) is 11.5 Å². The molecule has 3 aromatic heterocycles. The first-order chi connectivity index (χ1) is 13.7. The Morgan fingerprint density at radius 1 is 1.14 bits per heavy atom. The molecular formula is C19H15N3O5S. The summed E-state index contributed by atoms with van der Waals surface area (Å²) in [7, 11) is 3.18. The Labute approximate surface area is 163 Å². The number of methoxy groups -OCH3 is 2. The number of carbonyl (C=O) groups excluding carboxylic acids is 1. The molecule has 8 nitrogen and oxygen atoms in total. The average Bonchev–Trinajstić information content (AvgIpc) is 3.48. The van der Waals surface area contributed by atoms with E-state index in [0.29, 0.717) is 33.8 Å². The van der Waals surface area contributed by atoms with Crippen LogP contribution in [0.15, 0.2) is 57.0 Å². The van der Waals surface area contributed by atoms with E-state index in [1.807, 2.05) is 11.4 Å². The number of carbonyl (C=O) groups is 1. The molecule has 28 heavy (non-hydrogen) atoms. The van der Waals surface area contributed by atoms with Crippen molar-refractivity contribution in [2.75, 3.05) is 19.5 Å². The van der Waals surface area contributed by atoms with Crippen LogP contribution in [-0.2, 0) is 0 Å². The predicted octanol–water partition coefficient (Wildman–Crippen LogP) is 4.33. The molecule has 0 unspecified atom stereocenters. The monoisotopic (exact) mass is 397 g/mol. The van der Waals surface area contributed by atoms with E-state index in [1.54, 1.807) is 38.5 Å². The van der Waals surface area contributed by atoms with Crippen LogP contribution in [0.2, 0.25) is 0 Å². The molecule has 1 N–H and O–H groups in total. The second-order valence-corrected chi connectivity index (χ2v) is 6.47. The number of benzene rings is 1. The van der Waals surface area contributed by atoms with E-state index in [9.17, 15) is 4.79 Å². The molecular weight excluding hydrogens is 382 g/mol. The Morgan fingerprint density at radius 2 is 2.04 bits per heavy atom. The minimum absolute atomic E-state index is 0.127. The van der Waals surface area contributed by atoms with Gasteiger partial charge < -0.3 is 18.4 Å². The largest absolute Gasteiger partial charge is 0.497 e. The van der Waals surface area contributed by atoms with E-state index in [-0.39, 0.29) is 5.69 Å². The average molecular weight is 397 g/mol. The zero-order valence-electron chi connectivity index (χ0n) is 15.0. The molecule has 142 valence electrons. The molecule has 0 aliphatic rings. The van der Waals surface area contributed by atoms with Gasteiger partial charge in [-0.05, 0) is 30.3 Å². The number of rotatable bonds is 6. The lowest BCUT2D eigenvalue weighted by Crippen LogP contribution is -2.11. The van der Waals surface area contributed by atoms with Gasteiger partial charge in [-0.25, -0.2) is 4.98 Å². The maximum atomic E-state index is 12.4. The fourth-order valence-electron chi connectivity index (χ4n) is 2.55. The quantitative estimate of drug-likeness (QED) is 0.517. The molecule has 9 heteroatoms. The highest BCUT2D eigenvalue weighted by atomic mass is 32.1. The highest BCUT2D eigenvalue weighted by Crippen LogP contribution is 2.35. The van der Waals surface area contributed by atoms with Gasteiger partial charge in [0.2, 0.25) is 5.76 Å². The Morgan fingerprint density at radius 3 is 2.79 bits per heavy atom. The summed E-state index contributed by atoms with van der Waals surface area (Å²) in [6.07, 6.45) is 1.52. The fraction of sp³-hybridized carbons (Fsp3) is 0.105. The first-order valence-corrected chi connectivity index (χ1v) is 9.06. The van der Waals surface area contributed by atoms with E-state index in [2.05, 4.69) is 15.5 Å². The summed E-state index contributed by atoms with van der Waals surface area (Å²) in [5, 5.41) is 8.74. The maximum Gasteiger partial charge on any atom is 0.279 e. The van der Waals surface area contributed by atoms with Crippen molar-refractivity contribution in [3.63, 3.8) is 0 Å². The van der Waals surface area contributed by atoms with Gasteiger partial charge in [-0.2, -0.15) is 0 Å². The molecule has 4 rings (SSSR count). The number of furan rings is 1. The molecule has 1 amide bonds. The van der Waals surface area contributed by atoms with E-state index < -0.39 is 5.91 Å². The Bertz CT molecular complexity index is 1100. The van der Waals surface area contributed by atoms with Gasteiger partial charge in [0.25, 0.3) is 5.91 Å². The zero-order chi connectivity index (χ0) is 19.5. The van der Waals surface area contributed by atoms with E-state index in [0.717, 1.165) is 5.56 Å². The summed E-state index contributed by atoms with van der Waals surface area (Å²) in [5.74, 6) is 1.77. The minimum atomic E-state index is -0.430. The van der Waals surface area contributed by atoms with Crippen LogP contribution < -0.4 is 14.8 Å². The molecule has 0 saturated heterocycles. The van der Waals surface area contributed by atoms with E-state index in [1.165, 1.54) is 23.7 Å². The number of amides is 1. The SMILES string of the molecule is COc1ccc(OC)c(-c2csc(NC(=O)c3cc(-c4ccco4)on3)n2)c1. The Kier molecular flexibility index (Phi) is 4.81. The standard InChI is InChI=1S/C19H15N3O5S/c1-24-11-5-6-15(25-2)12(8-11)14-10-28-19(20-14)21-18(23)13-9-17(27-22-13)16-4-3-7-26-16/h3-10H,1-2H3,(H,20,21,23). The summed E-state index contributed by atoms with van der Waals surface area (Å²) in [4.78, 5) is 16.9. The van der Waals surface area contributed by atoms with Crippen molar-refractivity contribution in [1.29, 1.82) is 0 Å². The van der Waals surface area contributed by atoms with Crippen LogP contribution >= 0.6 is 11.3 Å². The molecule has 0 atom stereocenters. The number of thiazole rings is 1. The van der Waals surface area contributed by atoms with Crippen LogP contribution in [0.1, 0.15) is 10.5 Å². The van der Waals surface area contributed by atoms with Crippen LogP contribution in [0.25, 0.3) is 22.8 Å². The zero-order valence-corrected chi connectivity index (χ0v) is 15.8. The molecule has 4 aromatic rings. The van der Waals surface area contributed by atoms with Crippen molar-refractivity contribution in [1.82, 2.24) is 10.1 Å². The highest BCUT2D eigenvalue weighted by Gasteiger charge is 2.17. The summed E-state index contributed by atoms with van der Waals surface area (Å²) >= 11 is 1.29. The topological polar surface area (TPSA) is 99.6 Å². The number of nitrogens with zero attached hydrogens (tertiary/aromatic N) is 2. The van der Waals surface area contributed by atoms with Crippen molar-refractivity contribution in [3.8, 4) is 34.3 Å². The first kappa shape index (κ1) is 17.8. The lowest BCUT2D eigenvalue weighted by Gasteiger charge is -2.08. The third kappa shape index (κ3) is 3.47. The molecule has 1 aromatic carbocycles. The number of hydrogen-bond donors (Lipinski definition) is 1. The molecule has 0 bridgehead atoms. The molecule has 0 aliphatic heterocycles. The number of anilines is 1. The van der Waals surface area contributed by atoms with E-state index in [4.69, 9.17) is 18.4 Å². The summed E-state index contributed by atoms with van der Waals surface area (Å²) in [6.45, 7) is 0. The van der Waals surface area contributed by atoms with Crippen molar-refractivity contribution in [3.05, 3.63) is 53.7 Å². The summed E-state index contributed by atoms with van der Waals surface area (Å²) < 4.78 is 21.0. The van der Waals surface area contributed by atoms with Gasteiger partial charge >= 0.3 is 0 Å². The van der Waals surface area contributed by atoms with E-state index >= 15 is 0 Å². The van der Waals surface area contributed by atoms with Crippen LogP contribution in [-0.4, -0.2) is 30.3 Å². The predicted molar refractivity (Wildman–Crippen MR) is 103 cm³/mol. The van der Waals surface area contributed by atoms with Crippen LogP contribution in [0, 0.1) is 0 Å². The first-order valence-electron chi connectivity index (χ1n) is 8.18. The van der Waals surface area contributed by atoms with Crippen LogP contribution in [0.5, 0.6) is 11.5 Å². The smallest absolute Gasteiger partial charge is 0.279 e. The lowest BCUT2D eigenvalue weighted by molar-refractivity contribution is 0.101. The number of aromatic nitrogens is 2. The Balaban J connectivity index is 1.53. The highest BCUT2D eigenvalue weighted by molar-refractivity contribution is 7.14. The molecule has 0 radical (unpaired) electrons. The van der Waals surface area contributed by atoms with Crippen molar-refractivity contribution in [2.45, 2.75) is 0 Å². The lowest BCUT2D eigenvalue weighted by atomic mass is 10.1. The van der Waals surface area contributed by atoms with Gasteiger partial charge in [-0.15, -0.1) is 11.3 Å². The maximum absolute atomic E-state index is 12.4. The second-order valence-electron chi connectivity index (χ2n) is 5.61. The molecule has 0 spiro atoms. The van der Waals surface area contributed by atoms with Gasteiger partial charge in [0.15, 0.2) is 16.6 Å². The van der Waals surface area contributed by atoms with Crippen molar-refractivity contribution in [2.24, 2.45) is 0 Å². The van der Waals surface area contributed by atoms with Crippen molar-refractivity contribution >= 4 is 22.4 Å².